The number of hydrogen-bond donors (Lipinski definition) is 0. The van der Waals surface area contributed by atoms with Gasteiger partial charge in [-0.05, 0) is 47.7 Å². The number of carbonyl (C=O) groups is 1. The molecule has 33 heavy (non-hydrogen) atoms. The van der Waals surface area contributed by atoms with Crippen LogP contribution in [0, 0.1) is 11.8 Å². The number of esters is 1. The van der Waals surface area contributed by atoms with Crippen molar-refractivity contribution in [1.29, 1.82) is 0 Å². The van der Waals surface area contributed by atoms with Gasteiger partial charge in [0.05, 0.1) is 13.7 Å². The zero-order valence-electron chi connectivity index (χ0n) is 18.5. The zero-order valence-corrected chi connectivity index (χ0v) is 19.3. The zero-order chi connectivity index (χ0) is 23.5. The van der Waals surface area contributed by atoms with Gasteiger partial charge in [0.15, 0.2) is 0 Å². The summed E-state index contributed by atoms with van der Waals surface area (Å²) in [5.41, 5.74) is 4.35. The number of rotatable bonds is 9. The van der Waals surface area contributed by atoms with Gasteiger partial charge < -0.3 is 4.74 Å². The smallest absolute Gasteiger partial charge is 0.305 e. The van der Waals surface area contributed by atoms with Crippen LogP contribution in [-0.2, 0) is 42.4 Å². The maximum Gasteiger partial charge on any atom is 0.305 e. The maximum absolute atomic E-state index is 12.2. The highest BCUT2D eigenvalue weighted by Crippen LogP contribution is 2.12. The second-order valence-corrected chi connectivity index (χ2v) is 9.08. The van der Waals surface area contributed by atoms with Crippen LogP contribution in [0.1, 0.15) is 34.2 Å². The van der Waals surface area contributed by atoms with Crippen LogP contribution >= 0.6 is 0 Å². The fraction of sp³-hybridized carbons (Fsp3) is 0.222. The summed E-state index contributed by atoms with van der Waals surface area (Å²) in [6.45, 7) is 0.0583. The lowest BCUT2D eigenvalue weighted by Crippen LogP contribution is -2.11. The topological polar surface area (TPSA) is 69.7 Å². The third kappa shape index (κ3) is 8.23. The van der Waals surface area contributed by atoms with Gasteiger partial charge >= 0.3 is 5.97 Å². The molecule has 3 aromatic rings. The minimum Gasteiger partial charge on any atom is -0.469 e. The molecule has 0 aliphatic heterocycles. The molecule has 0 saturated carbocycles. The monoisotopic (exact) mass is 462 g/mol. The van der Waals surface area contributed by atoms with Crippen LogP contribution in [0.5, 0.6) is 0 Å². The van der Waals surface area contributed by atoms with Crippen LogP contribution in [0.25, 0.3) is 0 Å². The molecule has 0 heterocycles. The highest BCUT2D eigenvalue weighted by molar-refractivity contribution is 7.85. The molecule has 0 aliphatic carbocycles. The minimum atomic E-state index is -3.65. The number of hydrogen-bond acceptors (Lipinski definition) is 5. The van der Waals surface area contributed by atoms with Crippen molar-refractivity contribution in [2.24, 2.45) is 0 Å². The fourth-order valence-electron chi connectivity index (χ4n) is 3.20. The number of ether oxygens (including phenoxy) is 1. The van der Waals surface area contributed by atoms with Crippen molar-refractivity contribution in [1.82, 2.24) is 0 Å². The summed E-state index contributed by atoms with van der Waals surface area (Å²) >= 11 is 0. The predicted octanol–water partition coefficient (Wildman–Crippen LogP) is 4.28. The molecular formula is C27H26O5S. The Hall–Kier alpha value is -3.40. The van der Waals surface area contributed by atoms with E-state index >= 15 is 0 Å². The Morgan fingerprint density at radius 3 is 2.24 bits per heavy atom. The van der Waals surface area contributed by atoms with E-state index in [4.69, 9.17) is 4.18 Å². The average molecular weight is 463 g/mol. The Balaban J connectivity index is 1.59. The van der Waals surface area contributed by atoms with Crippen LogP contribution in [0.3, 0.4) is 0 Å². The van der Waals surface area contributed by atoms with Crippen molar-refractivity contribution in [2.75, 3.05) is 13.7 Å². The van der Waals surface area contributed by atoms with Crippen molar-refractivity contribution in [2.45, 2.75) is 25.0 Å². The first-order chi connectivity index (χ1) is 15.9. The molecule has 0 unspecified atom stereocenters. The quantitative estimate of drug-likeness (QED) is 0.270. The van der Waals surface area contributed by atoms with E-state index < -0.39 is 10.1 Å². The van der Waals surface area contributed by atoms with Crippen molar-refractivity contribution in [3.8, 4) is 11.8 Å². The summed E-state index contributed by atoms with van der Waals surface area (Å²) in [6, 6.07) is 24.3. The van der Waals surface area contributed by atoms with E-state index in [0.717, 1.165) is 22.3 Å². The molecule has 0 aliphatic rings. The van der Waals surface area contributed by atoms with E-state index in [1.54, 1.807) is 24.3 Å². The van der Waals surface area contributed by atoms with Crippen LogP contribution < -0.4 is 0 Å². The molecule has 0 spiro atoms. The van der Waals surface area contributed by atoms with Gasteiger partial charge in [-0.1, -0.05) is 72.5 Å². The molecule has 0 amide bonds. The van der Waals surface area contributed by atoms with Gasteiger partial charge in [0.25, 0.3) is 10.1 Å². The van der Waals surface area contributed by atoms with Gasteiger partial charge in [0.1, 0.15) is 5.75 Å². The lowest BCUT2D eigenvalue weighted by Gasteiger charge is -2.07. The second kappa shape index (κ2) is 12.0. The lowest BCUT2D eigenvalue weighted by atomic mass is 10.0. The van der Waals surface area contributed by atoms with Gasteiger partial charge in [-0.2, -0.15) is 8.42 Å². The van der Waals surface area contributed by atoms with E-state index in [1.165, 1.54) is 7.11 Å². The molecule has 0 saturated heterocycles. The Labute approximate surface area is 195 Å². The van der Waals surface area contributed by atoms with Gasteiger partial charge in [-0.15, -0.1) is 0 Å². The van der Waals surface area contributed by atoms with Crippen LogP contribution in [-0.4, -0.2) is 28.1 Å². The van der Waals surface area contributed by atoms with Crippen LogP contribution in [0.2, 0.25) is 0 Å². The van der Waals surface area contributed by atoms with Gasteiger partial charge in [0, 0.05) is 17.5 Å². The summed E-state index contributed by atoms with van der Waals surface area (Å²) in [4.78, 5) is 11.3. The molecule has 3 rings (SSSR count). The minimum absolute atomic E-state index is 0.0583. The first-order valence-electron chi connectivity index (χ1n) is 10.6. The summed E-state index contributed by atoms with van der Waals surface area (Å²) < 4.78 is 34.3. The van der Waals surface area contributed by atoms with E-state index in [0.29, 0.717) is 24.8 Å². The number of carbonyl (C=O) groups excluding carboxylic acids is 1. The molecule has 0 aromatic heterocycles. The second-order valence-electron chi connectivity index (χ2n) is 7.44. The average Bonchev–Trinajstić information content (AvgIpc) is 2.82. The third-order valence-electron chi connectivity index (χ3n) is 4.98. The summed E-state index contributed by atoms with van der Waals surface area (Å²) in [5, 5.41) is 0. The van der Waals surface area contributed by atoms with Gasteiger partial charge in [-0.25, -0.2) is 0 Å². The van der Waals surface area contributed by atoms with Crippen LogP contribution in [0.15, 0.2) is 78.9 Å². The molecule has 0 radical (unpaired) electrons. The first-order valence-corrected chi connectivity index (χ1v) is 12.2. The summed E-state index contributed by atoms with van der Waals surface area (Å²) in [7, 11) is -2.27. The van der Waals surface area contributed by atoms with E-state index in [2.05, 4.69) is 16.6 Å². The predicted molar refractivity (Wildman–Crippen MR) is 128 cm³/mol. The lowest BCUT2D eigenvalue weighted by molar-refractivity contribution is -0.140. The number of aryl methyl sites for hydroxylation is 1. The summed E-state index contributed by atoms with van der Waals surface area (Å²) in [6.07, 6.45) is 1.40. The molecule has 0 atom stereocenters. The van der Waals surface area contributed by atoms with E-state index in [-0.39, 0.29) is 18.3 Å². The number of methoxy groups -OCH3 is 1. The molecule has 5 nitrogen and oxygen atoms in total. The van der Waals surface area contributed by atoms with E-state index in [1.807, 2.05) is 54.6 Å². The van der Waals surface area contributed by atoms with Crippen molar-refractivity contribution >= 4 is 16.1 Å². The molecule has 3 aromatic carbocycles. The molecule has 0 bridgehead atoms. The van der Waals surface area contributed by atoms with Gasteiger partial charge in [-0.3, -0.25) is 8.98 Å². The normalized spacial score (nSPS) is 10.8. The van der Waals surface area contributed by atoms with Gasteiger partial charge in [0.2, 0.25) is 0 Å². The molecule has 0 fully saturated rings. The SMILES string of the molecule is COC(=O)CCc1ccc(C#Cc2ccccc2CCOS(=O)(=O)Cc2ccccc2)cc1. The van der Waals surface area contributed by atoms with Crippen molar-refractivity contribution in [3.05, 3.63) is 107 Å². The van der Waals surface area contributed by atoms with Crippen LogP contribution in [0.4, 0.5) is 0 Å². The first kappa shape index (κ1) is 24.2. The van der Waals surface area contributed by atoms with Crippen molar-refractivity contribution in [3.63, 3.8) is 0 Å². The summed E-state index contributed by atoms with van der Waals surface area (Å²) in [5.74, 6) is 5.93. The molecule has 0 N–H and O–H groups in total. The number of benzene rings is 3. The fourth-order valence-corrected chi connectivity index (χ4v) is 4.22. The standard InChI is InChI=1S/C27H26O5S/c1-31-27(28)18-16-23-13-11-22(12-14-23)15-17-25-9-5-6-10-26(25)19-20-32-33(29,30)21-24-7-3-2-4-8-24/h2-14H,16,18-21H2,1H3. The Bertz CT molecular complexity index is 1220. The largest absolute Gasteiger partial charge is 0.469 e. The maximum atomic E-state index is 12.2. The Kier molecular flexibility index (Phi) is 8.82. The highest BCUT2D eigenvalue weighted by Gasteiger charge is 2.12. The molecule has 170 valence electrons. The third-order valence-corrected chi connectivity index (χ3v) is 6.19. The highest BCUT2D eigenvalue weighted by atomic mass is 32.2. The molecule has 6 heteroatoms. The Morgan fingerprint density at radius 1 is 0.818 bits per heavy atom. The van der Waals surface area contributed by atoms with E-state index in [9.17, 15) is 13.2 Å². The molecular weight excluding hydrogens is 436 g/mol. The van der Waals surface area contributed by atoms with Crippen molar-refractivity contribution < 1.29 is 22.1 Å². The Morgan fingerprint density at radius 2 is 1.52 bits per heavy atom.